The van der Waals surface area contributed by atoms with Crippen LogP contribution in [0.1, 0.15) is 53.0 Å². The van der Waals surface area contributed by atoms with Crippen molar-refractivity contribution in [2.24, 2.45) is 5.41 Å². The highest BCUT2D eigenvalue weighted by molar-refractivity contribution is 5.31. The Bertz CT molecular complexity index is 583. The van der Waals surface area contributed by atoms with Crippen LogP contribution >= 0.6 is 0 Å². The maximum atomic E-state index is 5.82. The summed E-state index contributed by atoms with van der Waals surface area (Å²) >= 11 is 0. The molecule has 0 spiro atoms. The number of rotatable bonds is 8. The van der Waals surface area contributed by atoms with Gasteiger partial charge in [-0.05, 0) is 34.9 Å². The summed E-state index contributed by atoms with van der Waals surface area (Å²) in [7, 11) is 0. The van der Waals surface area contributed by atoms with Crippen molar-refractivity contribution in [2.75, 3.05) is 6.61 Å². The lowest BCUT2D eigenvalue weighted by molar-refractivity contribution is 0.248. The lowest BCUT2D eigenvalue weighted by atomic mass is 9.70. The van der Waals surface area contributed by atoms with E-state index in [1.165, 1.54) is 18.4 Å². The SMILES string of the molecule is CCC(C)(C)CC(C)(C)c1ccc(OCCn2ccnc2)cc1. The van der Waals surface area contributed by atoms with Crippen LogP contribution in [0.4, 0.5) is 0 Å². The van der Waals surface area contributed by atoms with Gasteiger partial charge in [-0.3, -0.25) is 0 Å². The molecule has 0 aliphatic heterocycles. The van der Waals surface area contributed by atoms with Gasteiger partial charge in [0.15, 0.2) is 0 Å². The minimum atomic E-state index is 0.175. The maximum Gasteiger partial charge on any atom is 0.119 e. The molecule has 1 heterocycles. The second-order valence-corrected chi connectivity index (χ2v) is 7.75. The number of imidazole rings is 1. The largest absolute Gasteiger partial charge is 0.492 e. The van der Waals surface area contributed by atoms with E-state index in [9.17, 15) is 0 Å². The molecule has 0 aliphatic carbocycles. The Kier molecular flexibility index (Phi) is 5.51. The molecule has 2 rings (SSSR count). The minimum absolute atomic E-state index is 0.175. The molecule has 2 aromatic rings. The Balaban J connectivity index is 1.93. The van der Waals surface area contributed by atoms with Crippen LogP contribution in [0, 0.1) is 5.41 Å². The van der Waals surface area contributed by atoms with E-state index in [-0.39, 0.29) is 5.41 Å². The maximum absolute atomic E-state index is 5.82. The fourth-order valence-electron chi connectivity index (χ4n) is 3.11. The molecular weight excluding hydrogens is 284 g/mol. The first kappa shape index (κ1) is 17.6. The summed E-state index contributed by atoms with van der Waals surface area (Å²) in [5, 5.41) is 0. The first-order valence-electron chi connectivity index (χ1n) is 8.51. The molecule has 3 nitrogen and oxygen atoms in total. The zero-order valence-corrected chi connectivity index (χ0v) is 15.2. The summed E-state index contributed by atoms with van der Waals surface area (Å²) in [6, 6.07) is 8.59. The first-order valence-corrected chi connectivity index (χ1v) is 8.51. The first-order chi connectivity index (χ1) is 10.8. The Morgan fingerprint density at radius 3 is 2.35 bits per heavy atom. The van der Waals surface area contributed by atoms with Gasteiger partial charge in [0, 0.05) is 12.4 Å². The van der Waals surface area contributed by atoms with E-state index in [1.54, 1.807) is 6.20 Å². The topological polar surface area (TPSA) is 27.1 Å². The van der Waals surface area contributed by atoms with Crippen LogP contribution in [-0.2, 0) is 12.0 Å². The Labute approximate surface area is 140 Å². The average molecular weight is 314 g/mol. The summed E-state index contributed by atoms with van der Waals surface area (Å²) < 4.78 is 7.84. The third-order valence-electron chi connectivity index (χ3n) is 4.69. The molecule has 0 saturated heterocycles. The van der Waals surface area contributed by atoms with E-state index in [0.717, 1.165) is 12.3 Å². The third-order valence-corrected chi connectivity index (χ3v) is 4.69. The quantitative estimate of drug-likeness (QED) is 0.680. The number of benzene rings is 1. The van der Waals surface area contributed by atoms with Crippen LogP contribution in [-0.4, -0.2) is 16.2 Å². The van der Waals surface area contributed by atoms with Gasteiger partial charge in [0.25, 0.3) is 0 Å². The van der Waals surface area contributed by atoms with E-state index >= 15 is 0 Å². The minimum Gasteiger partial charge on any atom is -0.492 e. The predicted octanol–water partition coefficient (Wildman–Crippen LogP) is 5.07. The van der Waals surface area contributed by atoms with Crippen LogP contribution in [0.3, 0.4) is 0 Å². The summed E-state index contributed by atoms with van der Waals surface area (Å²) in [6.07, 6.45) is 7.92. The van der Waals surface area contributed by atoms with Crippen molar-refractivity contribution < 1.29 is 4.74 Å². The van der Waals surface area contributed by atoms with Crippen molar-refractivity contribution in [1.82, 2.24) is 9.55 Å². The van der Waals surface area contributed by atoms with Gasteiger partial charge in [-0.2, -0.15) is 0 Å². The average Bonchev–Trinajstić information content (AvgIpc) is 3.00. The van der Waals surface area contributed by atoms with Gasteiger partial charge in [-0.15, -0.1) is 0 Å². The van der Waals surface area contributed by atoms with Crippen LogP contribution in [0.15, 0.2) is 43.0 Å². The Morgan fingerprint density at radius 1 is 1.09 bits per heavy atom. The summed E-state index contributed by atoms with van der Waals surface area (Å²) in [6.45, 7) is 13.1. The molecular formula is C20H30N2O. The normalized spacial score (nSPS) is 12.4. The number of ether oxygens (including phenoxy) is 1. The van der Waals surface area contributed by atoms with Crippen LogP contribution in [0.2, 0.25) is 0 Å². The second kappa shape index (κ2) is 7.20. The molecule has 0 saturated carbocycles. The fraction of sp³-hybridized carbons (Fsp3) is 0.550. The van der Waals surface area contributed by atoms with Crippen molar-refractivity contribution in [3.05, 3.63) is 48.5 Å². The zero-order chi connectivity index (χ0) is 16.9. The van der Waals surface area contributed by atoms with Crippen molar-refractivity contribution >= 4 is 0 Å². The van der Waals surface area contributed by atoms with E-state index in [1.807, 2.05) is 17.1 Å². The predicted molar refractivity (Wildman–Crippen MR) is 95.9 cm³/mol. The smallest absolute Gasteiger partial charge is 0.119 e. The molecule has 0 aliphatic rings. The monoisotopic (exact) mass is 314 g/mol. The molecule has 126 valence electrons. The van der Waals surface area contributed by atoms with E-state index in [2.05, 4.69) is 63.9 Å². The standard InChI is InChI=1S/C20H30N2O/c1-6-19(2,3)15-20(4,5)17-7-9-18(10-8-17)23-14-13-22-12-11-21-16-22/h7-12,16H,6,13-15H2,1-5H3. The molecule has 1 aromatic heterocycles. The molecule has 0 fully saturated rings. The molecule has 0 bridgehead atoms. The molecule has 1 aromatic carbocycles. The number of nitrogens with zero attached hydrogens (tertiary/aromatic N) is 2. The van der Waals surface area contributed by atoms with Crippen molar-refractivity contribution in [2.45, 2.75) is 59.4 Å². The molecule has 3 heteroatoms. The van der Waals surface area contributed by atoms with E-state index in [0.29, 0.717) is 12.0 Å². The highest BCUT2D eigenvalue weighted by Crippen LogP contribution is 2.38. The van der Waals surface area contributed by atoms with Gasteiger partial charge in [-0.1, -0.05) is 53.2 Å². The third kappa shape index (κ3) is 5.12. The van der Waals surface area contributed by atoms with Gasteiger partial charge in [0.1, 0.15) is 12.4 Å². The van der Waals surface area contributed by atoms with Gasteiger partial charge in [-0.25, -0.2) is 4.98 Å². The molecule has 0 atom stereocenters. The Morgan fingerprint density at radius 2 is 1.78 bits per heavy atom. The Hall–Kier alpha value is -1.77. The lowest BCUT2D eigenvalue weighted by Gasteiger charge is -2.35. The van der Waals surface area contributed by atoms with Gasteiger partial charge < -0.3 is 9.30 Å². The van der Waals surface area contributed by atoms with E-state index < -0.39 is 0 Å². The number of hydrogen-bond acceptors (Lipinski definition) is 2. The molecule has 0 amide bonds. The number of hydrogen-bond donors (Lipinski definition) is 0. The van der Waals surface area contributed by atoms with Crippen molar-refractivity contribution in [3.8, 4) is 5.75 Å². The summed E-state index contributed by atoms with van der Waals surface area (Å²) in [4.78, 5) is 4.03. The lowest BCUT2D eigenvalue weighted by Crippen LogP contribution is -2.26. The molecule has 0 unspecified atom stereocenters. The van der Waals surface area contributed by atoms with Gasteiger partial charge >= 0.3 is 0 Å². The highest BCUT2D eigenvalue weighted by atomic mass is 16.5. The number of aromatic nitrogens is 2. The fourth-order valence-corrected chi connectivity index (χ4v) is 3.11. The van der Waals surface area contributed by atoms with E-state index in [4.69, 9.17) is 4.74 Å². The second-order valence-electron chi connectivity index (χ2n) is 7.75. The molecule has 0 N–H and O–H groups in total. The van der Waals surface area contributed by atoms with Gasteiger partial charge in [0.2, 0.25) is 0 Å². The van der Waals surface area contributed by atoms with Gasteiger partial charge in [0.05, 0.1) is 12.9 Å². The highest BCUT2D eigenvalue weighted by Gasteiger charge is 2.28. The van der Waals surface area contributed by atoms with Crippen LogP contribution in [0.25, 0.3) is 0 Å². The summed E-state index contributed by atoms with van der Waals surface area (Å²) in [5.74, 6) is 0.930. The van der Waals surface area contributed by atoms with Crippen LogP contribution in [0.5, 0.6) is 5.75 Å². The molecule has 23 heavy (non-hydrogen) atoms. The summed E-state index contributed by atoms with van der Waals surface area (Å²) in [5.41, 5.74) is 1.92. The van der Waals surface area contributed by atoms with Crippen LogP contribution < -0.4 is 4.74 Å². The molecule has 0 radical (unpaired) electrons. The zero-order valence-electron chi connectivity index (χ0n) is 15.2. The van der Waals surface area contributed by atoms with Crippen molar-refractivity contribution in [3.63, 3.8) is 0 Å². The van der Waals surface area contributed by atoms with Crippen molar-refractivity contribution in [1.29, 1.82) is 0 Å².